The zero-order valence-corrected chi connectivity index (χ0v) is 15.3. The smallest absolute Gasteiger partial charge is 0.258 e. The molecule has 0 radical (unpaired) electrons. The van der Waals surface area contributed by atoms with Crippen molar-refractivity contribution < 1.29 is 9.53 Å². The fourth-order valence-electron chi connectivity index (χ4n) is 2.48. The second kappa shape index (κ2) is 7.52. The quantitative estimate of drug-likeness (QED) is 0.770. The Morgan fingerprint density at radius 1 is 1.04 bits per heavy atom. The van der Waals surface area contributed by atoms with Crippen LogP contribution in [0.4, 0.5) is 5.69 Å². The number of nitrogens with zero attached hydrogens (tertiary/aromatic N) is 1. The molecule has 0 N–H and O–H groups in total. The lowest BCUT2D eigenvalue weighted by Gasteiger charge is -2.22. The zero-order valence-electron chi connectivity index (χ0n) is 15.3. The maximum absolute atomic E-state index is 12.8. The molecule has 0 aliphatic heterocycles. The molecular weight excluding hydrogens is 298 g/mol. The number of carbonyl (C=O) groups excluding carboxylic acids is 1. The van der Waals surface area contributed by atoms with E-state index in [-0.39, 0.29) is 11.3 Å². The van der Waals surface area contributed by atoms with E-state index < -0.39 is 0 Å². The van der Waals surface area contributed by atoms with Gasteiger partial charge in [-0.25, -0.2) is 0 Å². The molecule has 0 fully saturated rings. The van der Waals surface area contributed by atoms with Gasteiger partial charge in [0.25, 0.3) is 5.91 Å². The van der Waals surface area contributed by atoms with E-state index in [2.05, 4.69) is 27.7 Å². The van der Waals surface area contributed by atoms with E-state index in [1.165, 1.54) is 5.56 Å². The normalized spacial score (nSPS) is 11.2. The van der Waals surface area contributed by atoms with Gasteiger partial charge in [0.15, 0.2) is 0 Å². The van der Waals surface area contributed by atoms with Crippen molar-refractivity contribution >= 4 is 11.6 Å². The van der Waals surface area contributed by atoms with Gasteiger partial charge in [0, 0.05) is 12.6 Å². The lowest BCUT2D eigenvalue weighted by Crippen LogP contribution is -2.27. The molecule has 0 unspecified atom stereocenters. The second-order valence-corrected chi connectivity index (χ2v) is 7.01. The highest BCUT2D eigenvalue weighted by Gasteiger charge is 2.18. The Morgan fingerprint density at radius 3 is 2.25 bits per heavy atom. The molecule has 2 rings (SSSR count). The standard InChI is InChI=1S/C21H27NO2/c1-6-15-24-19-10-8-7-9-18(19)22(5)20(23)16-11-13-17(14-12-16)21(2,3)4/h7-14H,6,15H2,1-5H3. The number of amides is 1. The molecule has 2 aromatic rings. The van der Waals surface area contributed by atoms with E-state index in [9.17, 15) is 4.79 Å². The highest BCUT2D eigenvalue weighted by molar-refractivity contribution is 6.06. The summed E-state index contributed by atoms with van der Waals surface area (Å²) >= 11 is 0. The molecule has 0 saturated carbocycles. The molecule has 128 valence electrons. The summed E-state index contributed by atoms with van der Waals surface area (Å²) in [6.07, 6.45) is 0.931. The lowest BCUT2D eigenvalue weighted by molar-refractivity contribution is 0.0992. The molecule has 0 atom stereocenters. The van der Waals surface area contributed by atoms with Gasteiger partial charge in [0.1, 0.15) is 5.75 Å². The van der Waals surface area contributed by atoms with E-state index in [0.29, 0.717) is 12.2 Å². The maximum Gasteiger partial charge on any atom is 0.258 e. The highest BCUT2D eigenvalue weighted by Crippen LogP contribution is 2.29. The van der Waals surface area contributed by atoms with Crippen LogP contribution >= 0.6 is 0 Å². The van der Waals surface area contributed by atoms with Gasteiger partial charge in [-0.2, -0.15) is 0 Å². The topological polar surface area (TPSA) is 29.5 Å². The average molecular weight is 325 g/mol. The number of para-hydroxylation sites is 2. The summed E-state index contributed by atoms with van der Waals surface area (Å²) in [5.41, 5.74) is 2.76. The minimum Gasteiger partial charge on any atom is -0.491 e. The largest absolute Gasteiger partial charge is 0.491 e. The second-order valence-electron chi connectivity index (χ2n) is 7.01. The molecule has 0 aliphatic carbocycles. The van der Waals surface area contributed by atoms with Crippen molar-refractivity contribution in [2.24, 2.45) is 0 Å². The molecule has 3 heteroatoms. The van der Waals surface area contributed by atoms with Crippen LogP contribution in [0.25, 0.3) is 0 Å². The molecule has 2 aromatic carbocycles. The molecule has 0 spiro atoms. The van der Waals surface area contributed by atoms with Gasteiger partial charge in [-0.3, -0.25) is 4.79 Å². The molecular formula is C21H27NO2. The van der Waals surface area contributed by atoms with Crippen molar-refractivity contribution in [3.8, 4) is 5.75 Å². The predicted molar refractivity (Wildman–Crippen MR) is 100 cm³/mol. The van der Waals surface area contributed by atoms with E-state index >= 15 is 0 Å². The first-order chi connectivity index (χ1) is 11.3. The minimum atomic E-state index is -0.0389. The minimum absolute atomic E-state index is 0.0389. The van der Waals surface area contributed by atoms with E-state index in [0.717, 1.165) is 17.9 Å². The van der Waals surface area contributed by atoms with Crippen LogP contribution in [-0.4, -0.2) is 19.6 Å². The van der Waals surface area contributed by atoms with E-state index in [1.54, 1.807) is 11.9 Å². The number of hydrogen-bond acceptors (Lipinski definition) is 2. The summed E-state index contributed by atoms with van der Waals surface area (Å²) in [5.74, 6) is 0.699. The SMILES string of the molecule is CCCOc1ccccc1N(C)C(=O)c1ccc(C(C)(C)C)cc1. The summed E-state index contributed by atoms with van der Waals surface area (Å²) in [6, 6.07) is 15.5. The van der Waals surface area contributed by atoms with Crippen molar-refractivity contribution in [3.63, 3.8) is 0 Å². The molecule has 1 amide bonds. The van der Waals surface area contributed by atoms with Crippen LogP contribution in [0.1, 0.15) is 50.0 Å². The molecule has 0 saturated heterocycles. The third kappa shape index (κ3) is 4.16. The fourth-order valence-corrected chi connectivity index (χ4v) is 2.48. The Hall–Kier alpha value is -2.29. The van der Waals surface area contributed by atoms with Gasteiger partial charge in [-0.15, -0.1) is 0 Å². The van der Waals surface area contributed by atoms with E-state index in [1.807, 2.05) is 48.5 Å². The van der Waals surface area contributed by atoms with E-state index in [4.69, 9.17) is 4.74 Å². The molecule has 0 aliphatic rings. The molecule has 0 heterocycles. The molecule has 0 bridgehead atoms. The monoisotopic (exact) mass is 325 g/mol. The van der Waals surface area contributed by atoms with Gasteiger partial charge >= 0.3 is 0 Å². The Bertz CT molecular complexity index is 684. The Kier molecular flexibility index (Phi) is 5.66. The summed E-state index contributed by atoms with van der Waals surface area (Å²) in [4.78, 5) is 14.5. The first-order valence-electron chi connectivity index (χ1n) is 8.45. The Balaban J connectivity index is 2.24. The van der Waals surface area contributed by atoms with Gasteiger partial charge in [0.2, 0.25) is 0 Å². The van der Waals surface area contributed by atoms with Crippen LogP contribution in [0.3, 0.4) is 0 Å². The van der Waals surface area contributed by atoms with Crippen LogP contribution in [0.5, 0.6) is 5.75 Å². The number of carbonyl (C=O) groups is 1. The molecule has 24 heavy (non-hydrogen) atoms. The predicted octanol–water partition coefficient (Wildman–Crippen LogP) is 5.05. The number of benzene rings is 2. The third-order valence-electron chi connectivity index (χ3n) is 3.99. The van der Waals surface area contributed by atoms with Crippen LogP contribution < -0.4 is 9.64 Å². The van der Waals surface area contributed by atoms with Crippen molar-refractivity contribution in [2.75, 3.05) is 18.6 Å². The summed E-state index contributed by atoms with van der Waals surface area (Å²) < 4.78 is 5.76. The molecule has 3 nitrogen and oxygen atoms in total. The van der Waals surface area contributed by atoms with Crippen molar-refractivity contribution in [1.82, 2.24) is 0 Å². The third-order valence-corrected chi connectivity index (χ3v) is 3.99. The Labute approximate surface area is 145 Å². The number of rotatable bonds is 5. The maximum atomic E-state index is 12.8. The average Bonchev–Trinajstić information content (AvgIpc) is 2.58. The first-order valence-corrected chi connectivity index (χ1v) is 8.45. The van der Waals surface area contributed by atoms with Crippen LogP contribution in [-0.2, 0) is 5.41 Å². The van der Waals surface area contributed by atoms with Gasteiger partial charge in [-0.05, 0) is 41.7 Å². The number of ether oxygens (including phenoxy) is 1. The van der Waals surface area contributed by atoms with Gasteiger partial charge in [-0.1, -0.05) is 52.0 Å². The summed E-state index contributed by atoms with van der Waals surface area (Å²) in [7, 11) is 1.79. The number of hydrogen-bond donors (Lipinski definition) is 0. The lowest BCUT2D eigenvalue weighted by atomic mass is 9.86. The van der Waals surface area contributed by atoms with Crippen molar-refractivity contribution in [2.45, 2.75) is 39.5 Å². The van der Waals surface area contributed by atoms with Crippen LogP contribution in [0.15, 0.2) is 48.5 Å². The van der Waals surface area contributed by atoms with Gasteiger partial charge < -0.3 is 9.64 Å². The molecule has 0 aromatic heterocycles. The van der Waals surface area contributed by atoms with Crippen molar-refractivity contribution in [1.29, 1.82) is 0 Å². The van der Waals surface area contributed by atoms with Gasteiger partial charge in [0.05, 0.1) is 12.3 Å². The highest BCUT2D eigenvalue weighted by atomic mass is 16.5. The van der Waals surface area contributed by atoms with Crippen LogP contribution in [0, 0.1) is 0 Å². The zero-order chi connectivity index (χ0) is 17.7. The first kappa shape index (κ1) is 18.1. The fraction of sp³-hybridized carbons (Fsp3) is 0.381. The van der Waals surface area contributed by atoms with Crippen molar-refractivity contribution in [3.05, 3.63) is 59.7 Å². The number of anilines is 1. The van der Waals surface area contributed by atoms with Crippen LogP contribution in [0.2, 0.25) is 0 Å². The Morgan fingerprint density at radius 2 is 1.67 bits per heavy atom. The summed E-state index contributed by atoms with van der Waals surface area (Å²) in [6.45, 7) is 9.19. The summed E-state index contributed by atoms with van der Waals surface area (Å²) in [5, 5.41) is 0.